The fraction of sp³-hybridized carbons (Fsp3) is 0.857. The van der Waals surface area contributed by atoms with Crippen LogP contribution in [0.4, 0.5) is 0 Å². The Morgan fingerprint density at radius 3 is 2.05 bits per heavy atom. The van der Waals surface area contributed by atoms with Crippen molar-refractivity contribution in [3.63, 3.8) is 0 Å². The summed E-state index contributed by atoms with van der Waals surface area (Å²) in [6.07, 6.45) is 0. The average Bonchev–Trinajstić information content (AvgIpc) is 2.39. The summed E-state index contributed by atoms with van der Waals surface area (Å²) < 4.78 is 10.7. The number of carboxylic acid groups (broad SMARTS) is 2. The zero-order chi connectivity index (χ0) is 16.8. The highest BCUT2D eigenvalue weighted by atomic mass is 16.5. The van der Waals surface area contributed by atoms with Gasteiger partial charge in [-0.15, -0.1) is 0 Å². The van der Waals surface area contributed by atoms with Gasteiger partial charge in [0.2, 0.25) is 0 Å². The van der Waals surface area contributed by atoms with Crippen molar-refractivity contribution in [2.75, 3.05) is 59.2 Å². The minimum atomic E-state index is -1.06. The van der Waals surface area contributed by atoms with E-state index in [1.54, 1.807) is 0 Å². The Hall–Kier alpha value is -1.22. The summed E-state index contributed by atoms with van der Waals surface area (Å²) >= 11 is 0. The molecule has 8 heteroatoms. The fourth-order valence-corrected chi connectivity index (χ4v) is 1.65. The molecule has 0 aromatic carbocycles. The van der Waals surface area contributed by atoms with Gasteiger partial charge in [-0.25, -0.2) is 0 Å². The molecule has 0 saturated heterocycles. The van der Waals surface area contributed by atoms with Crippen molar-refractivity contribution < 1.29 is 29.3 Å². The van der Waals surface area contributed by atoms with Crippen molar-refractivity contribution in [2.24, 2.45) is 5.92 Å². The molecule has 0 unspecified atom stereocenters. The van der Waals surface area contributed by atoms with Gasteiger partial charge in [0.15, 0.2) is 0 Å². The third-order valence-corrected chi connectivity index (χ3v) is 2.62. The normalized spacial score (nSPS) is 11.3. The van der Waals surface area contributed by atoms with Crippen LogP contribution in [-0.4, -0.2) is 86.2 Å². The van der Waals surface area contributed by atoms with Crippen molar-refractivity contribution in [1.29, 1.82) is 0 Å². The first-order valence-electron chi connectivity index (χ1n) is 7.44. The van der Waals surface area contributed by atoms with Crippen molar-refractivity contribution >= 4 is 11.9 Å². The first-order chi connectivity index (χ1) is 10.4. The monoisotopic (exact) mass is 320 g/mol. The number of hydrogen-bond donors (Lipinski definition) is 3. The van der Waals surface area contributed by atoms with Crippen LogP contribution in [0.1, 0.15) is 13.8 Å². The van der Waals surface area contributed by atoms with Gasteiger partial charge in [-0.1, -0.05) is 13.8 Å². The van der Waals surface area contributed by atoms with E-state index in [9.17, 15) is 9.59 Å². The summed E-state index contributed by atoms with van der Waals surface area (Å²) in [5, 5.41) is 20.6. The topological polar surface area (TPSA) is 108 Å². The molecule has 0 aromatic rings. The molecule has 0 aliphatic rings. The highest BCUT2D eigenvalue weighted by Gasteiger charge is 2.12. The molecule has 0 heterocycles. The lowest BCUT2D eigenvalue weighted by Crippen LogP contribution is -2.37. The predicted molar refractivity (Wildman–Crippen MR) is 81.1 cm³/mol. The highest BCUT2D eigenvalue weighted by Crippen LogP contribution is 1.90. The van der Waals surface area contributed by atoms with Gasteiger partial charge in [-0.05, 0) is 12.5 Å². The standard InChI is InChI=1S/C14H28N2O6/c1-12(2)9-15-3-5-21-7-8-22-6-4-16(10-13(17)18)11-14(19)20/h12,15H,3-11H2,1-2H3,(H,17,18)(H,19,20). The summed E-state index contributed by atoms with van der Waals surface area (Å²) in [5.41, 5.74) is 0. The lowest BCUT2D eigenvalue weighted by Gasteiger charge is -2.17. The van der Waals surface area contributed by atoms with Gasteiger partial charge >= 0.3 is 11.9 Å². The molecule has 22 heavy (non-hydrogen) atoms. The molecule has 0 amide bonds. The Morgan fingerprint density at radius 1 is 1.00 bits per heavy atom. The molecule has 0 aliphatic carbocycles. The maximum absolute atomic E-state index is 10.6. The third kappa shape index (κ3) is 15.2. The number of hydrogen-bond acceptors (Lipinski definition) is 6. The number of nitrogens with zero attached hydrogens (tertiary/aromatic N) is 1. The molecule has 0 radical (unpaired) electrons. The van der Waals surface area contributed by atoms with Crippen LogP contribution >= 0.6 is 0 Å². The second-order valence-electron chi connectivity index (χ2n) is 5.32. The minimum absolute atomic E-state index is 0.258. The highest BCUT2D eigenvalue weighted by molar-refractivity contribution is 5.72. The summed E-state index contributed by atoms with van der Waals surface area (Å²) in [6.45, 7) is 7.41. The lowest BCUT2D eigenvalue weighted by molar-refractivity contribution is -0.142. The fourth-order valence-electron chi connectivity index (χ4n) is 1.65. The van der Waals surface area contributed by atoms with Gasteiger partial charge in [-0.3, -0.25) is 14.5 Å². The smallest absolute Gasteiger partial charge is 0.317 e. The zero-order valence-electron chi connectivity index (χ0n) is 13.4. The van der Waals surface area contributed by atoms with E-state index in [-0.39, 0.29) is 26.2 Å². The predicted octanol–water partition coefficient (Wildman–Crippen LogP) is -0.264. The molecule has 0 aromatic heterocycles. The SMILES string of the molecule is CC(C)CNCCOCCOCCN(CC(=O)O)CC(=O)O. The van der Waals surface area contributed by atoms with Gasteiger partial charge in [-0.2, -0.15) is 0 Å². The Bertz CT molecular complexity index is 296. The molecule has 0 rings (SSSR count). The van der Waals surface area contributed by atoms with E-state index < -0.39 is 11.9 Å². The minimum Gasteiger partial charge on any atom is -0.480 e. The Labute approximate surface area is 131 Å². The summed E-state index contributed by atoms with van der Waals surface area (Å²) in [5.74, 6) is -1.50. The molecule has 0 aliphatic heterocycles. The van der Waals surface area contributed by atoms with Crippen molar-refractivity contribution in [1.82, 2.24) is 10.2 Å². The molecule has 130 valence electrons. The molecule has 0 atom stereocenters. The second kappa shape index (κ2) is 13.4. The molecular weight excluding hydrogens is 292 g/mol. The van der Waals surface area contributed by atoms with Gasteiger partial charge in [0, 0.05) is 13.1 Å². The van der Waals surface area contributed by atoms with E-state index in [1.807, 2.05) is 0 Å². The first kappa shape index (κ1) is 20.8. The van der Waals surface area contributed by atoms with Gasteiger partial charge in [0.25, 0.3) is 0 Å². The summed E-state index contributed by atoms with van der Waals surface area (Å²) in [4.78, 5) is 22.5. The van der Waals surface area contributed by atoms with Crippen LogP contribution in [-0.2, 0) is 19.1 Å². The Balaban J connectivity index is 3.49. The van der Waals surface area contributed by atoms with Gasteiger partial charge in [0.05, 0.1) is 39.5 Å². The summed E-state index contributed by atoms with van der Waals surface area (Å²) in [6, 6.07) is 0. The van der Waals surface area contributed by atoms with Crippen molar-refractivity contribution in [3.05, 3.63) is 0 Å². The third-order valence-electron chi connectivity index (χ3n) is 2.62. The Kier molecular flexibility index (Phi) is 12.7. The number of nitrogens with one attached hydrogen (secondary N) is 1. The molecular formula is C14H28N2O6. The van der Waals surface area contributed by atoms with Crippen LogP contribution in [0.3, 0.4) is 0 Å². The van der Waals surface area contributed by atoms with E-state index in [1.165, 1.54) is 4.90 Å². The van der Waals surface area contributed by atoms with Crippen molar-refractivity contribution in [2.45, 2.75) is 13.8 Å². The summed E-state index contributed by atoms with van der Waals surface area (Å²) in [7, 11) is 0. The lowest BCUT2D eigenvalue weighted by atomic mass is 10.2. The van der Waals surface area contributed by atoms with Crippen LogP contribution in [0.5, 0.6) is 0 Å². The van der Waals surface area contributed by atoms with Crippen LogP contribution < -0.4 is 5.32 Å². The van der Waals surface area contributed by atoms with Crippen LogP contribution in [0.25, 0.3) is 0 Å². The quantitative estimate of drug-likeness (QED) is 0.354. The molecule has 0 saturated carbocycles. The molecule has 0 bridgehead atoms. The Morgan fingerprint density at radius 2 is 1.55 bits per heavy atom. The largest absolute Gasteiger partial charge is 0.480 e. The van der Waals surface area contributed by atoms with E-state index in [4.69, 9.17) is 19.7 Å². The molecule has 0 fully saturated rings. The van der Waals surface area contributed by atoms with Gasteiger partial charge in [0.1, 0.15) is 0 Å². The molecule has 0 spiro atoms. The van der Waals surface area contributed by atoms with Crippen molar-refractivity contribution in [3.8, 4) is 0 Å². The molecule has 8 nitrogen and oxygen atoms in total. The maximum Gasteiger partial charge on any atom is 0.317 e. The van der Waals surface area contributed by atoms with Crippen LogP contribution in [0.15, 0.2) is 0 Å². The van der Waals surface area contributed by atoms with E-state index in [2.05, 4.69) is 19.2 Å². The number of rotatable bonds is 15. The average molecular weight is 320 g/mol. The van der Waals surface area contributed by atoms with E-state index >= 15 is 0 Å². The number of aliphatic carboxylic acids is 2. The first-order valence-corrected chi connectivity index (χ1v) is 7.44. The zero-order valence-corrected chi connectivity index (χ0v) is 13.4. The van der Waals surface area contributed by atoms with Gasteiger partial charge < -0.3 is 25.0 Å². The number of ether oxygens (including phenoxy) is 2. The number of carboxylic acids is 2. The van der Waals surface area contributed by atoms with Crippen LogP contribution in [0.2, 0.25) is 0 Å². The van der Waals surface area contributed by atoms with E-state index in [0.29, 0.717) is 25.7 Å². The van der Waals surface area contributed by atoms with E-state index in [0.717, 1.165) is 13.1 Å². The molecule has 3 N–H and O–H groups in total. The maximum atomic E-state index is 10.6. The second-order valence-corrected chi connectivity index (χ2v) is 5.32. The van der Waals surface area contributed by atoms with Crippen LogP contribution in [0, 0.1) is 5.92 Å². The number of carbonyl (C=O) groups is 2.